The summed E-state index contributed by atoms with van der Waals surface area (Å²) in [6, 6.07) is 15.9. The van der Waals surface area contributed by atoms with E-state index in [2.05, 4.69) is 5.32 Å². The average molecular weight is 659 g/mol. The van der Waals surface area contributed by atoms with E-state index in [-0.39, 0.29) is 50.6 Å². The summed E-state index contributed by atoms with van der Waals surface area (Å²) >= 11 is 25.0. The van der Waals surface area contributed by atoms with Gasteiger partial charge in [0.15, 0.2) is 0 Å². The van der Waals surface area contributed by atoms with Crippen molar-refractivity contribution in [3.05, 3.63) is 92.4 Å². The Morgan fingerprint density at radius 3 is 2.12 bits per heavy atom. The lowest BCUT2D eigenvalue weighted by Gasteiger charge is -2.34. The third kappa shape index (κ3) is 8.30. The Labute approximate surface area is 261 Å². The lowest BCUT2D eigenvalue weighted by atomic mass is 10.1. The summed E-state index contributed by atoms with van der Waals surface area (Å²) in [6.45, 7) is 4.91. The molecule has 1 N–H and O–H groups in total. The van der Waals surface area contributed by atoms with E-state index >= 15 is 0 Å². The monoisotopic (exact) mass is 657 g/mol. The fourth-order valence-electron chi connectivity index (χ4n) is 4.11. The Hall–Kier alpha value is -2.49. The first-order chi connectivity index (χ1) is 19.4. The zero-order chi connectivity index (χ0) is 30.3. The van der Waals surface area contributed by atoms with Crippen molar-refractivity contribution in [3.63, 3.8) is 0 Å². The number of nitrogens with one attached hydrogen (secondary N) is 1. The van der Waals surface area contributed by atoms with Crippen molar-refractivity contribution < 1.29 is 18.0 Å². The number of carbonyl (C=O) groups excluding carboxylic acids is 2. The molecule has 12 heteroatoms. The first-order valence-electron chi connectivity index (χ1n) is 13.0. The van der Waals surface area contributed by atoms with Crippen LogP contribution in [-0.4, -0.2) is 43.8 Å². The Kier molecular flexibility index (Phi) is 11.8. The molecule has 0 aliphatic heterocycles. The molecule has 41 heavy (non-hydrogen) atoms. The first kappa shape index (κ1) is 33.0. The van der Waals surface area contributed by atoms with Crippen LogP contribution in [0.2, 0.25) is 20.1 Å². The van der Waals surface area contributed by atoms with Crippen LogP contribution in [0.15, 0.2) is 71.6 Å². The predicted octanol–water partition coefficient (Wildman–Crippen LogP) is 7.22. The van der Waals surface area contributed by atoms with Crippen LogP contribution in [0, 0.1) is 0 Å². The molecule has 0 aliphatic carbocycles. The van der Waals surface area contributed by atoms with E-state index < -0.39 is 28.5 Å². The van der Waals surface area contributed by atoms with Crippen molar-refractivity contribution >= 4 is 73.9 Å². The summed E-state index contributed by atoms with van der Waals surface area (Å²) in [5.41, 5.74) is 0.642. The standard InChI is InChI=1S/C29H31Cl4N3O4S/c1-4-19(3)34-29(38)26(5-2)35(17-20-11-13-23(31)25(33)15-20)28(37)18-36(27-16-21(30)12-14-24(27)32)41(39,40)22-9-7-6-8-10-22/h6-16,19,26H,4-5,17-18H2,1-3H3,(H,34,38)/t19-,26+/m1/s1. The second-order valence-electron chi connectivity index (χ2n) is 9.43. The molecule has 3 aromatic rings. The number of rotatable bonds is 12. The average Bonchev–Trinajstić information content (AvgIpc) is 2.95. The molecule has 0 saturated heterocycles. The Morgan fingerprint density at radius 2 is 1.51 bits per heavy atom. The van der Waals surface area contributed by atoms with Crippen LogP contribution in [-0.2, 0) is 26.2 Å². The molecule has 0 fully saturated rings. The number of sulfonamides is 1. The molecule has 0 unspecified atom stereocenters. The molecule has 0 spiro atoms. The highest BCUT2D eigenvalue weighted by Gasteiger charge is 2.34. The van der Waals surface area contributed by atoms with Gasteiger partial charge in [0.05, 0.1) is 25.7 Å². The lowest BCUT2D eigenvalue weighted by Crippen LogP contribution is -2.53. The number of benzene rings is 3. The summed E-state index contributed by atoms with van der Waals surface area (Å²) in [4.78, 5) is 28.8. The Bertz CT molecular complexity index is 1490. The minimum Gasteiger partial charge on any atom is -0.352 e. The fourth-order valence-corrected chi connectivity index (χ4v) is 6.31. The molecule has 0 radical (unpaired) electrons. The van der Waals surface area contributed by atoms with Gasteiger partial charge in [0.2, 0.25) is 11.8 Å². The highest BCUT2D eigenvalue weighted by Crippen LogP contribution is 2.33. The molecule has 7 nitrogen and oxygen atoms in total. The second kappa shape index (κ2) is 14.6. The maximum atomic E-state index is 14.1. The van der Waals surface area contributed by atoms with Crippen molar-refractivity contribution in [2.24, 2.45) is 0 Å². The molecule has 0 saturated carbocycles. The molecular formula is C29H31Cl4N3O4S. The molecule has 0 bridgehead atoms. The molecule has 220 valence electrons. The molecule has 0 aliphatic rings. The molecule has 3 rings (SSSR count). The molecular weight excluding hydrogens is 628 g/mol. The molecule has 2 amide bonds. The van der Waals surface area contributed by atoms with Crippen LogP contribution >= 0.6 is 46.4 Å². The molecule has 2 atom stereocenters. The van der Waals surface area contributed by atoms with Gasteiger partial charge in [0, 0.05) is 17.6 Å². The zero-order valence-electron chi connectivity index (χ0n) is 22.8. The van der Waals surface area contributed by atoms with Crippen LogP contribution in [0.25, 0.3) is 0 Å². The molecule has 0 aromatic heterocycles. The van der Waals surface area contributed by atoms with Crippen molar-refractivity contribution in [1.82, 2.24) is 10.2 Å². The maximum absolute atomic E-state index is 14.1. The van der Waals surface area contributed by atoms with Gasteiger partial charge in [-0.2, -0.15) is 0 Å². The number of anilines is 1. The number of hydrogen-bond donors (Lipinski definition) is 1. The third-order valence-electron chi connectivity index (χ3n) is 6.51. The van der Waals surface area contributed by atoms with Gasteiger partial charge < -0.3 is 10.2 Å². The number of nitrogens with zero attached hydrogens (tertiary/aromatic N) is 2. The SMILES string of the molecule is CC[C@@H](C)NC(=O)[C@H](CC)N(Cc1ccc(Cl)c(Cl)c1)C(=O)CN(c1cc(Cl)ccc1Cl)S(=O)(=O)c1ccccc1. The van der Waals surface area contributed by atoms with E-state index in [1.165, 1.54) is 35.2 Å². The topological polar surface area (TPSA) is 86.8 Å². The highest BCUT2D eigenvalue weighted by atomic mass is 35.5. The van der Waals surface area contributed by atoms with E-state index in [1.807, 2.05) is 13.8 Å². The van der Waals surface area contributed by atoms with E-state index in [4.69, 9.17) is 46.4 Å². The van der Waals surface area contributed by atoms with Gasteiger partial charge in [0.1, 0.15) is 12.6 Å². The number of hydrogen-bond acceptors (Lipinski definition) is 4. The van der Waals surface area contributed by atoms with Crippen molar-refractivity contribution in [2.45, 2.75) is 57.1 Å². The summed E-state index contributed by atoms with van der Waals surface area (Å²) in [5, 5.41) is 3.87. The summed E-state index contributed by atoms with van der Waals surface area (Å²) in [5.74, 6) is -0.980. The van der Waals surface area contributed by atoms with Gasteiger partial charge in [-0.15, -0.1) is 0 Å². The zero-order valence-corrected chi connectivity index (χ0v) is 26.6. The van der Waals surface area contributed by atoms with Crippen LogP contribution < -0.4 is 9.62 Å². The lowest BCUT2D eigenvalue weighted by molar-refractivity contribution is -0.140. The van der Waals surface area contributed by atoms with Gasteiger partial charge in [0.25, 0.3) is 10.0 Å². The Balaban J connectivity index is 2.10. The second-order valence-corrected chi connectivity index (χ2v) is 13.0. The van der Waals surface area contributed by atoms with Crippen LogP contribution in [0.4, 0.5) is 5.69 Å². The van der Waals surface area contributed by atoms with Gasteiger partial charge in [-0.3, -0.25) is 13.9 Å². The van der Waals surface area contributed by atoms with Crippen molar-refractivity contribution in [3.8, 4) is 0 Å². The fraction of sp³-hybridized carbons (Fsp3) is 0.310. The van der Waals surface area contributed by atoms with Crippen LogP contribution in [0.5, 0.6) is 0 Å². The first-order valence-corrected chi connectivity index (χ1v) is 15.9. The van der Waals surface area contributed by atoms with E-state index in [1.54, 1.807) is 43.3 Å². The maximum Gasteiger partial charge on any atom is 0.264 e. The van der Waals surface area contributed by atoms with Gasteiger partial charge in [-0.1, -0.05) is 84.5 Å². The van der Waals surface area contributed by atoms with Gasteiger partial charge in [-0.05, 0) is 67.8 Å². The minimum atomic E-state index is -4.28. The third-order valence-corrected chi connectivity index (χ3v) is 9.58. The normalized spacial score (nSPS) is 12.9. The molecule has 3 aromatic carbocycles. The van der Waals surface area contributed by atoms with E-state index in [0.29, 0.717) is 17.0 Å². The Morgan fingerprint density at radius 1 is 0.854 bits per heavy atom. The number of halogens is 4. The molecule has 0 heterocycles. The smallest absolute Gasteiger partial charge is 0.264 e. The summed E-state index contributed by atoms with van der Waals surface area (Å²) in [7, 11) is -4.28. The van der Waals surface area contributed by atoms with Gasteiger partial charge >= 0.3 is 0 Å². The van der Waals surface area contributed by atoms with E-state index in [0.717, 1.165) is 4.31 Å². The van der Waals surface area contributed by atoms with Crippen LogP contribution in [0.3, 0.4) is 0 Å². The van der Waals surface area contributed by atoms with Crippen molar-refractivity contribution in [1.29, 1.82) is 0 Å². The van der Waals surface area contributed by atoms with E-state index in [9.17, 15) is 18.0 Å². The van der Waals surface area contributed by atoms with Crippen molar-refractivity contribution in [2.75, 3.05) is 10.8 Å². The number of carbonyl (C=O) groups is 2. The van der Waals surface area contributed by atoms with Gasteiger partial charge in [-0.25, -0.2) is 8.42 Å². The summed E-state index contributed by atoms with van der Waals surface area (Å²) < 4.78 is 28.7. The number of amides is 2. The predicted molar refractivity (Wildman–Crippen MR) is 166 cm³/mol. The van der Waals surface area contributed by atoms with Crippen LogP contribution in [0.1, 0.15) is 39.2 Å². The quantitative estimate of drug-likeness (QED) is 0.223. The summed E-state index contributed by atoms with van der Waals surface area (Å²) in [6.07, 6.45) is 0.970. The largest absolute Gasteiger partial charge is 0.352 e. The minimum absolute atomic E-state index is 0.0232. The highest BCUT2D eigenvalue weighted by molar-refractivity contribution is 7.92.